The van der Waals surface area contributed by atoms with Crippen molar-refractivity contribution in [3.63, 3.8) is 0 Å². The molecule has 0 saturated carbocycles. The third-order valence-electron chi connectivity index (χ3n) is 5.12. The molecular formula is C31H34O4. The largest absolute Gasteiger partial charge is 0.465 e. The maximum absolute atomic E-state index is 10.8. The molecule has 0 aliphatic heterocycles. The van der Waals surface area contributed by atoms with Crippen molar-refractivity contribution < 1.29 is 19.3 Å². The summed E-state index contributed by atoms with van der Waals surface area (Å²) in [7, 11) is 0. The number of allylic oxidation sites excluding steroid dienone is 1. The summed E-state index contributed by atoms with van der Waals surface area (Å²) in [5.74, 6) is 1.72. The molecule has 4 heteroatoms. The fourth-order valence-corrected chi connectivity index (χ4v) is 3.34. The second-order valence-corrected chi connectivity index (χ2v) is 8.58. The molecule has 0 fully saturated rings. The topological polar surface area (TPSA) is 47.9 Å². The fraction of sp³-hybridized carbons (Fsp3) is 0.226. The molecule has 0 aromatic heterocycles. The van der Waals surface area contributed by atoms with E-state index < -0.39 is 6.29 Å². The number of aliphatic hydroxyl groups excluding tert-OH is 1. The van der Waals surface area contributed by atoms with E-state index in [-0.39, 0.29) is 6.29 Å². The Hall–Kier alpha value is -3.60. The Kier molecular flexibility index (Phi) is 9.91. The Morgan fingerprint density at radius 2 is 1.57 bits per heavy atom. The Bertz CT molecular complexity index is 1110. The molecule has 2 unspecified atom stereocenters. The van der Waals surface area contributed by atoms with Gasteiger partial charge in [-0.25, -0.2) is 0 Å². The summed E-state index contributed by atoms with van der Waals surface area (Å²) in [6.45, 7) is 10.6. The van der Waals surface area contributed by atoms with Crippen LogP contribution in [0.25, 0.3) is 18.2 Å². The Labute approximate surface area is 208 Å². The normalized spacial score (nSPS) is 13.6. The summed E-state index contributed by atoms with van der Waals surface area (Å²) in [6.07, 6.45) is 5.93. The molecule has 3 rings (SSSR count). The molecule has 3 aromatic rings. The highest BCUT2D eigenvalue weighted by Gasteiger charge is 2.13. The van der Waals surface area contributed by atoms with E-state index in [1.165, 1.54) is 0 Å². The van der Waals surface area contributed by atoms with Crippen molar-refractivity contribution in [3.8, 4) is 5.75 Å². The first-order chi connectivity index (χ1) is 16.9. The second-order valence-electron chi connectivity index (χ2n) is 8.58. The van der Waals surface area contributed by atoms with Gasteiger partial charge in [0.25, 0.3) is 0 Å². The molecule has 1 N–H and O–H groups in total. The first-order valence-corrected chi connectivity index (χ1v) is 11.8. The summed E-state index contributed by atoms with van der Waals surface area (Å²) < 4.78 is 17.5. The van der Waals surface area contributed by atoms with E-state index in [4.69, 9.17) is 14.2 Å². The molecule has 0 saturated heterocycles. The Morgan fingerprint density at radius 3 is 2.26 bits per heavy atom. The smallest absolute Gasteiger partial charge is 0.224 e. The van der Waals surface area contributed by atoms with E-state index in [0.29, 0.717) is 23.8 Å². The first-order valence-electron chi connectivity index (χ1n) is 11.8. The lowest BCUT2D eigenvalue weighted by atomic mass is 10.1. The molecule has 35 heavy (non-hydrogen) atoms. The monoisotopic (exact) mass is 470 g/mol. The molecule has 182 valence electrons. The van der Waals surface area contributed by atoms with Crippen LogP contribution in [0.1, 0.15) is 49.3 Å². The number of hydrogen-bond acceptors (Lipinski definition) is 4. The third-order valence-corrected chi connectivity index (χ3v) is 5.12. The lowest BCUT2D eigenvalue weighted by Gasteiger charge is -2.17. The number of benzene rings is 3. The second kappa shape index (κ2) is 13.3. The van der Waals surface area contributed by atoms with Gasteiger partial charge in [0.05, 0.1) is 6.61 Å². The first kappa shape index (κ1) is 26.0. The van der Waals surface area contributed by atoms with Gasteiger partial charge in [0.15, 0.2) is 6.29 Å². The van der Waals surface area contributed by atoms with Crippen molar-refractivity contribution in [3.05, 3.63) is 120 Å². The van der Waals surface area contributed by atoms with Gasteiger partial charge in [-0.15, -0.1) is 0 Å². The quantitative estimate of drug-likeness (QED) is 0.169. The van der Waals surface area contributed by atoms with Crippen LogP contribution >= 0.6 is 0 Å². The highest BCUT2D eigenvalue weighted by atomic mass is 16.7. The van der Waals surface area contributed by atoms with Crippen molar-refractivity contribution in [2.45, 2.75) is 33.4 Å². The van der Waals surface area contributed by atoms with Crippen molar-refractivity contribution in [2.24, 2.45) is 5.92 Å². The van der Waals surface area contributed by atoms with Crippen LogP contribution in [0.3, 0.4) is 0 Å². The summed E-state index contributed by atoms with van der Waals surface area (Å²) >= 11 is 0. The minimum Gasteiger partial charge on any atom is -0.465 e. The van der Waals surface area contributed by atoms with Gasteiger partial charge in [-0.1, -0.05) is 99.3 Å². The number of hydrogen-bond donors (Lipinski definition) is 1. The Balaban J connectivity index is 1.74. The lowest BCUT2D eigenvalue weighted by molar-refractivity contribution is -0.0755. The number of ether oxygens (including phenoxy) is 3. The van der Waals surface area contributed by atoms with Crippen LogP contribution in [0.15, 0.2) is 97.3 Å². The van der Waals surface area contributed by atoms with Crippen LogP contribution in [0, 0.1) is 5.92 Å². The summed E-state index contributed by atoms with van der Waals surface area (Å²) in [6, 6.07) is 25.1. The molecule has 0 radical (unpaired) electrons. The molecule has 0 aliphatic rings. The van der Waals surface area contributed by atoms with Crippen LogP contribution in [0.2, 0.25) is 0 Å². The zero-order valence-electron chi connectivity index (χ0n) is 20.6. The molecule has 0 amide bonds. The highest BCUT2D eigenvalue weighted by Crippen LogP contribution is 2.25. The summed E-state index contributed by atoms with van der Waals surface area (Å²) in [5.41, 5.74) is 3.42. The maximum atomic E-state index is 10.8. The van der Waals surface area contributed by atoms with Crippen LogP contribution < -0.4 is 4.74 Å². The Morgan fingerprint density at radius 1 is 0.886 bits per heavy atom. The predicted octanol–water partition coefficient (Wildman–Crippen LogP) is 7.49. The predicted molar refractivity (Wildman–Crippen MR) is 143 cm³/mol. The van der Waals surface area contributed by atoms with Gasteiger partial charge in [-0.2, -0.15) is 0 Å². The van der Waals surface area contributed by atoms with Gasteiger partial charge in [0, 0.05) is 5.56 Å². The molecule has 0 aliphatic carbocycles. The third kappa shape index (κ3) is 8.60. The van der Waals surface area contributed by atoms with Crippen LogP contribution in [-0.4, -0.2) is 18.0 Å². The number of rotatable bonds is 12. The molecule has 3 aromatic carbocycles. The molecule has 2 atom stereocenters. The van der Waals surface area contributed by atoms with Gasteiger partial charge < -0.3 is 19.3 Å². The fourth-order valence-electron chi connectivity index (χ4n) is 3.34. The average molecular weight is 471 g/mol. The van der Waals surface area contributed by atoms with Gasteiger partial charge >= 0.3 is 0 Å². The van der Waals surface area contributed by atoms with Crippen LogP contribution in [0.4, 0.5) is 0 Å². The minimum atomic E-state index is -1.13. The van der Waals surface area contributed by atoms with Crippen molar-refractivity contribution in [2.75, 3.05) is 6.61 Å². The standard InChI is InChI=1S/C31H34O4/c1-5-27-13-9-10-14-30(27)31(32)35-29(21-26-11-7-6-8-12-26)20-17-25-15-18-28(19-16-25)34-24(4)33-22-23(2)3/h5-21,23-24,31-32H,1,22H2,2-4H3. The minimum absolute atomic E-state index is 0.312. The lowest BCUT2D eigenvalue weighted by Crippen LogP contribution is -2.18. The van der Waals surface area contributed by atoms with E-state index in [9.17, 15) is 5.11 Å². The van der Waals surface area contributed by atoms with Crippen molar-refractivity contribution >= 4 is 18.2 Å². The maximum Gasteiger partial charge on any atom is 0.224 e. The summed E-state index contributed by atoms with van der Waals surface area (Å²) in [5, 5.41) is 10.8. The number of aliphatic hydroxyl groups is 1. The molecule has 0 spiro atoms. The van der Waals surface area contributed by atoms with Gasteiger partial charge in [0.1, 0.15) is 11.5 Å². The zero-order valence-corrected chi connectivity index (χ0v) is 20.6. The molecule has 4 nitrogen and oxygen atoms in total. The van der Waals surface area contributed by atoms with Gasteiger partial charge in [-0.3, -0.25) is 0 Å². The van der Waals surface area contributed by atoms with Crippen molar-refractivity contribution in [1.29, 1.82) is 0 Å². The van der Waals surface area contributed by atoms with E-state index in [1.54, 1.807) is 6.08 Å². The van der Waals surface area contributed by atoms with Gasteiger partial charge in [-0.05, 0) is 53.8 Å². The van der Waals surface area contributed by atoms with Crippen LogP contribution in [0.5, 0.6) is 5.75 Å². The van der Waals surface area contributed by atoms with E-state index in [2.05, 4.69) is 20.4 Å². The van der Waals surface area contributed by atoms with Crippen LogP contribution in [-0.2, 0) is 9.47 Å². The summed E-state index contributed by atoms with van der Waals surface area (Å²) in [4.78, 5) is 0. The molecule has 0 heterocycles. The average Bonchev–Trinajstić information content (AvgIpc) is 2.87. The van der Waals surface area contributed by atoms with E-state index >= 15 is 0 Å². The van der Waals surface area contributed by atoms with Gasteiger partial charge in [0.2, 0.25) is 6.29 Å². The SMILES string of the molecule is C=Cc1ccccc1C(O)OC(C=Cc1ccc(OC(C)OCC(C)C)cc1)=Cc1ccccc1. The molecule has 0 bridgehead atoms. The van der Waals surface area contributed by atoms with Crippen molar-refractivity contribution in [1.82, 2.24) is 0 Å². The van der Waals surface area contributed by atoms with E-state index in [1.807, 2.05) is 104 Å². The zero-order chi connectivity index (χ0) is 25.0. The molecular weight excluding hydrogens is 436 g/mol. The van der Waals surface area contributed by atoms with E-state index in [0.717, 1.165) is 22.4 Å². The highest BCUT2D eigenvalue weighted by molar-refractivity contribution is 5.60.